The number of hydrogen-bond donors (Lipinski definition) is 3. The van der Waals surface area contributed by atoms with Crippen LogP contribution in [-0.2, 0) is 22.4 Å². The van der Waals surface area contributed by atoms with E-state index in [0.29, 0.717) is 24.1 Å². The lowest BCUT2D eigenvalue weighted by Gasteiger charge is -2.29. The third-order valence-electron chi connectivity index (χ3n) is 5.85. The molecule has 4 rings (SSSR count). The molecule has 1 atom stereocenters. The Kier molecular flexibility index (Phi) is 5.46. The monoisotopic (exact) mass is 435 g/mol. The molecule has 0 aliphatic heterocycles. The van der Waals surface area contributed by atoms with Crippen molar-refractivity contribution in [1.82, 2.24) is 15.3 Å². The molecule has 1 aliphatic carbocycles. The molecule has 3 N–H and O–H groups in total. The van der Waals surface area contributed by atoms with Gasteiger partial charge in [0.2, 0.25) is 0 Å². The van der Waals surface area contributed by atoms with E-state index in [9.17, 15) is 19.2 Å². The molecule has 166 valence electrons. The van der Waals surface area contributed by atoms with Crippen LogP contribution in [0.5, 0.6) is 0 Å². The van der Waals surface area contributed by atoms with Gasteiger partial charge in [-0.15, -0.1) is 0 Å². The maximum absolute atomic E-state index is 13.0. The van der Waals surface area contributed by atoms with E-state index in [4.69, 9.17) is 4.74 Å². The highest BCUT2D eigenvalue weighted by Gasteiger charge is 2.33. The summed E-state index contributed by atoms with van der Waals surface area (Å²) >= 11 is 0. The molecule has 1 aliphatic rings. The van der Waals surface area contributed by atoms with E-state index in [-0.39, 0.29) is 23.2 Å². The average Bonchev–Trinajstić information content (AvgIpc) is 3.14. The summed E-state index contributed by atoms with van der Waals surface area (Å²) in [6, 6.07) is 7.94. The van der Waals surface area contributed by atoms with Gasteiger partial charge in [0, 0.05) is 41.2 Å². The SMILES string of the molecule is COC(=O)[C@@H](Cc1c[nH]c2ccccc12)NC(=O)c1cc2c([nH]c1=O)CC(C)(C)CC2=O. The first kappa shape index (κ1) is 21.5. The fourth-order valence-electron chi connectivity index (χ4n) is 4.29. The summed E-state index contributed by atoms with van der Waals surface area (Å²) < 4.78 is 4.87. The topological polar surface area (TPSA) is 121 Å². The number of aromatic amines is 2. The van der Waals surface area contributed by atoms with Crippen LogP contribution in [0.2, 0.25) is 0 Å². The summed E-state index contributed by atoms with van der Waals surface area (Å²) in [6.45, 7) is 3.91. The average molecular weight is 435 g/mol. The minimum absolute atomic E-state index is 0.120. The Morgan fingerprint density at radius 1 is 1.19 bits per heavy atom. The van der Waals surface area contributed by atoms with E-state index < -0.39 is 23.5 Å². The van der Waals surface area contributed by atoms with Crippen molar-refractivity contribution in [1.29, 1.82) is 0 Å². The second-order valence-electron chi connectivity index (χ2n) is 8.96. The van der Waals surface area contributed by atoms with Crippen LogP contribution in [0.4, 0.5) is 0 Å². The predicted molar refractivity (Wildman–Crippen MR) is 119 cm³/mol. The lowest BCUT2D eigenvalue weighted by atomic mass is 9.75. The molecule has 8 nitrogen and oxygen atoms in total. The molecular formula is C24H25N3O5. The number of hydrogen-bond acceptors (Lipinski definition) is 5. The Hall–Kier alpha value is -3.68. The Morgan fingerprint density at radius 2 is 1.94 bits per heavy atom. The number of pyridine rings is 1. The smallest absolute Gasteiger partial charge is 0.328 e. The highest BCUT2D eigenvalue weighted by Crippen LogP contribution is 2.33. The zero-order valence-corrected chi connectivity index (χ0v) is 18.2. The number of carbonyl (C=O) groups excluding carboxylic acids is 3. The van der Waals surface area contributed by atoms with E-state index in [1.165, 1.54) is 13.2 Å². The number of benzene rings is 1. The van der Waals surface area contributed by atoms with Crippen molar-refractivity contribution < 1.29 is 19.1 Å². The van der Waals surface area contributed by atoms with Gasteiger partial charge >= 0.3 is 5.97 Å². The van der Waals surface area contributed by atoms with Crippen LogP contribution in [0.15, 0.2) is 41.3 Å². The number of H-pyrrole nitrogens is 2. The molecule has 0 spiro atoms. The van der Waals surface area contributed by atoms with Crippen LogP contribution in [-0.4, -0.2) is 40.8 Å². The molecule has 2 heterocycles. The minimum Gasteiger partial charge on any atom is -0.467 e. The van der Waals surface area contributed by atoms with E-state index >= 15 is 0 Å². The first-order valence-corrected chi connectivity index (χ1v) is 10.4. The van der Waals surface area contributed by atoms with Gasteiger partial charge in [0.15, 0.2) is 5.78 Å². The Bertz CT molecular complexity index is 1280. The lowest BCUT2D eigenvalue weighted by molar-refractivity contribution is -0.142. The number of esters is 1. The van der Waals surface area contributed by atoms with Crippen LogP contribution in [0.3, 0.4) is 0 Å². The zero-order valence-electron chi connectivity index (χ0n) is 18.2. The molecule has 0 bridgehead atoms. The van der Waals surface area contributed by atoms with Crippen LogP contribution in [0.1, 0.15) is 52.2 Å². The maximum atomic E-state index is 13.0. The van der Waals surface area contributed by atoms with Crippen molar-refractivity contribution in [2.24, 2.45) is 5.41 Å². The third-order valence-corrected chi connectivity index (χ3v) is 5.85. The summed E-state index contributed by atoms with van der Waals surface area (Å²) in [5.41, 5.74) is 1.56. The molecule has 1 aromatic carbocycles. The van der Waals surface area contributed by atoms with Crippen molar-refractivity contribution in [3.63, 3.8) is 0 Å². The van der Waals surface area contributed by atoms with E-state index in [1.807, 2.05) is 38.1 Å². The molecule has 0 saturated heterocycles. The number of carbonyl (C=O) groups is 3. The number of ketones is 1. The van der Waals surface area contributed by atoms with Crippen molar-refractivity contribution >= 4 is 28.6 Å². The molecule has 0 unspecified atom stereocenters. The molecule has 0 radical (unpaired) electrons. The molecule has 8 heteroatoms. The number of aromatic nitrogens is 2. The number of amides is 1. The summed E-state index contributed by atoms with van der Waals surface area (Å²) in [5.74, 6) is -1.48. The van der Waals surface area contributed by atoms with Gasteiger partial charge in [-0.3, -0.25) is 14.4 Å². The van der Waals surface area contributed by atoms with Gasteiger partial charge in [0.1, 0.15) is 11.6 Å². The van der Waals surface area contributed by atoms with Crippen LogP contribution in [0.25, 0.3) is 10.9 Å². The molecule has 0 saturated carbocycles. The Labute approximate surface area is 184 Å². The molecule has 32 heavy (non-hydrogen) atoms. The van der Waals surface area contributed by atoms with Gasteiger partial charge in [0.25, 0.3) is 11.5 Å². The standard InChI is InChI=1S/C24H25N3O5/c1-24(2)10-19-15(20(28)11-24)9-16(22(30)27-19)21(29)26-18(23(31)32-3)8-13-12-25-17-7-5-4-6-14(13)17/h4-7,9,12,18,25H,8,10-11H2,1-3H3,(H,26,29)(H,27,30)/t18-/m1/s1. The number of nitrogens with one attached hydrogen (secondary N) is 3. The van der Waals surface area contributed by atoms with E-state index in [1.54, 1.807) is 6.20 Å². The van der Waals surface area contributed by atoms with Crippen LogP contribution in [0, 0.1) is 5.41 Å². The number of fused-ring (bicyclic) bond motifs is 2. The number of methoxy groups -OCH3 is 1. The quantitative estimate of drug-likeness (QED) is 0.532. The van der Waals surface area contributed by atoms with Gasteiger partial charge < -0.3 is 20.0 Å². The van der Waals surface area contributed by atoms with Crippen LogP contribution < -0.4 is 10.9 Å². The predicted octanol–water partition coefficient (Wildman–Crippen LogP) is 2.53. The number of para-hydroxylation sites is 1. The normalized spacial score (nSPS) is 15.8. The largest absolute Gasteiger partial charge is 0.467 e. The fraction of sp³-hybridized carbons (Fsp3) is 0.333. The van der Waals surface area contributed by atoms with Gasteiger partial charge in [-0.2, -0.15) is 0 Å². The van der Waals surface area contributed by atoms with Crippen LogP contribution >= 0.6 is 0 Å². The van der Waals surface area contributed by atoms with Crippen molar-refractivity contribution in [3.8, 4) is 0 Å². The maximum Gasteiger partial charge on any atom is 0.328 e. The van der Waals surface area contributed by atoms with Gasteiger partial charge in [-0.05, 0) is 29.5 Å². The molecule has 1 amide bonds. The highest BCUT2D eigenvalue weighted by atomic mass is 16.5. The van der Waals surface area contributed by atoms with Crippen molar-refractivity contribution in [3.05, 3.63) is 69.3 Å². The third kappa shape index (κ3) is 4.08. The number of Topliss-reactive ketones (excluding diaryl/α,β-unsaturated/α-hetero) is 1. The second kappa shape index (κ2) is 8.11. The second-order valence-corrected chi connectivity index (χ2v) is 8.96. The molecule has 0 fully saturated rings. The summed E-state index contributed by atoms with van der Waals surface area (Å²) in [5, 5.41) is 3.53. The van der Waals surface area contributed by atoms with Gasteiger partial charge in [0.05, 0.1) is 7.11 Å². The summed E-state index contributed by atoms with van der Waals surface area (Å²) in [6.07, 6.45) is 2.83. The molecular weight excluding hydrogens is 410 g/mol. The Morgan fingerprint density at radius 3 is 2.69 bits per heavy atom. The van der Waals surface area contributed by atoms with E-state index in [0.717, 1.165) is 16.5 Å². The highest BCUT2D eigenvalue weighted by molar-refractivity contribution is 6.02. The summed E-state index contributed by atoms with van der Waals surface area (Å²) in [4.78, 5) is 56.4. The van der Waals surface area contributed by atoms with Crippen molar-refractivity contribution in [2.75, 3.05) is 7.11 Å². The lowest BCUT2D eigenvalue weighted by Crippen LogP contribution is -2.45. The van der Waals surface area contributed by atoms with Crippen molar-refractivity contribution in [2.45, 2.75) is 39.2 Å². The molecule has 3 aromatic rings. The molecule has 2 aromatic heterocycles. The summed E-state index contributed by atoms with van der Waals surface area (Å²) in [7, 11) is 1.24. The zero-order chi connectivity index (χ0) is 23.0. The minimum atomic E-state index is -1.00. The fourth-order valence-corrected chi connectivity index (χ4v) is 4.29. The van der Waals surface area contributed by atoms with E-state index in [2.05, 4.69) is 15.3 Å². The number of ether oxygens (including phenoxy) is 1. The van der Waals surface area contributed by atoms with Gasteiger partial charge in [-0.1, -0.05) is 32.0 Å². The number of rotatable bonds is 5. The Balaban J connectivity index is 1.62. The first-order chi connectivity index (χ1) is 15.2. The van der Waals surface area contributed by atoms with Gasteiger partial charge in [-0.25, -0.2) is 4.79 Å². The first-order valence-electron chi connectivity index (χ1n) is 10.4.